The smallest absolute Gasteiger partial charge is 0.287 e. The summed E-state index contributed by atoms with van der Waals surface area (Å²) in [5.41, 5.74) is 0.486. The van der Waals surface area contributed by atoms with Gasteiger partial charge in [-0.3, -0.25) is 9.59 Å². The maximum atomic E-state index is 11.9. The molecule has 2 rings (SSSR count). The summed E-state index contributed by atoms with van der Waals surface area (Å²) >= 11 is 0. The molecule has 0 radical (unpaired) electrons. The number of Topliss-reactive ketones (excluding diaryl/α,β-unsaturated/α-hetero) is 1. The van der Waals surface area contributed by atoms with Gasteiger partial charge in [-0.25, -0.2) is 0 Å². The molecule has 0 fully saturated rings. The number of nitrogens with one attached hydrogen (secondary N) is 1. The van der Waals surface area contributed by atoms with Gasteiger partial charge in [0.1, 0.15) is 5.75 Å². The van der Waals surface area contributed by atoms with Gasteiger partial charge in [-0.15, -0.1) is 0 Å². The molecular weight excluding hydrogens is 274 g/mol. The normalized spacial score (nSPS) is 10.1. The number of benzene rings is 1. The summed E-state index contributed by atoms with van der Waals surface area (Å²) < 4.78 is 14.9. The minimum absolute atomic E-state index is 0.0994. The zero-order chi connectivity index (χ0) is 15.1. The van der Waals surface area contributed by atoms with Crippen LogP contribution < -0.4 is 10.1 Å². The van der Waals surface area contributed by atoms with Crippen LogP contribution in [-0.2, 0) is 4.74 Å². The third kappa shape index (κ3) is 4.19. The molecule has 6 heteroatoms. The van der Waals surface area contributed by atoms with Gasteiger partial charge in [0.25, 0.3) is 5.91 Å². The standard InChI is InChI=1S/C15H15NO5/c1-19-10-21-12-6-4-11(5-7-12)13(17)9-16-15(18)14-3-2-8-20-14/h2-8H,9-10H2,1H3,(H,16,18). The molecule has 0 aliphatic rings. The third-order valence-corrected chi connectivity index (χ3v) is 2.67. The largest absolute Gasteiger partial charge is 0.468 e. The molecule has 0 bridgehead atoms. The van der Waals surface area contributed by atoms with Crippen molar-refractivity contribution in [1.82, 2.24) is 5.32 Å². The van der Waals surface area contributed by atoms with Gasteiger partial charge in [0.15, 0.2) is 18.3 Å². The lowest BCUT2D eigenvalue weighted by molar-refractivity contribution is 0.0511. The lowest BCUT2D eigenvalue weighted by Gasteiger charge is -2.06. The molecule has 1 N–H and O–H groups in total. The first-order chi connectivity index (χ1) is 10.2. The van der Waals surface area contributed by atoms with Crippen molar-refractivity contribution in [3.05, 3.63) is 54.0 Å². The van der Waals surface area contributed by atoms with Crippen LogP contribution in [0, 0.1) is 0 Å². The summed E-state index contributed by atoms with van der Waals surface area (Å²) in [5, 5.41) is 2.50. The topological polar surface area (TPSA) is 77.8 Å². The lowest BCUT2D eigenvalue weighted by atomic mass is 10.1. The molecular formula is C15H15NO5. The summed E-state index contributed by atoms with van der Waals surface area (Å²) in [7, 11) is 1.53. The molecule has 0 saturated heterocycles. The van der Waals surface area contributed by atoms with Crippen LogP contribution >= 0.6 is 0 Å². The van der Waals surface area contributed by atoms with E-state index in [1.54, 1.807) is 30.3 Å². The van der Waals surface area contributed by atoms with E-state index in [0.29, 0.717) is 11.3 Å². The van der Waals surface area contributed by atoms with Gasteiger partial charge in [0.2, 0.25) is 0 Å². The van der Waals surface area contributed by atoms with Crippen LogP contribution in [0.25, 0.3) is 0 Å². The number of ether oxygens (including phenoxy) is 2. The number of rotatable bonds is 7. The van der Waals surface area contributed by atoms with Crippen molar-refractivity contribution in [3.63, 3.8) is 0 Å². The predicted molar refractivity (Wildman–Crippen MR) is 74.3 cm³/mol. The number of amides is 1. The molecule has 1 amide bonds. The minimum atomic E-state index is -0.423. The van der Waals surface area contributed by atoms with Crippen LogP contribution in [0.3, 0.4) is 0 Å². The van der Waals surface area contributed by atoms with Gasteiger partial charge >= 0.3 is 0 Å². The highest BCUT2D eigenvalue weighted by Crippen LogP contribution is 2.12. The van der Waals surface area contributed by atoms with E-state index in [4.69, 9.17) is 13.9 Å². The van der Waals surface area contributed by atoms with Crippen molar-refractivity contribution in [3.8, 4) is 5.75 Å². The minimum Gasteiger partial charge on any atom is -0.468 e. The van der Waals surface area contributed by atoms with E-state index in [1.807, 2.05) is 0 Å². The van der Waals surface area contributed by atoms with Gasteiger partial charge in [-0.05, 0) is 36.4 Å². The van der Waals surface area contributed by atoms with Gasteiger partial charge in [-0.1, -0.05) is 0 Å². The fourth-order valence-electron chi connectivity index (χ4n) is 1.62. The van der Waals surface area contributed by atoms with E-state index in [0.717, 1.165) is 0 Å². The van der Waals surface area contributed by atoms with Crippen molar-refractivity contribution >= 4 is 11.7 Å². The van der Waals surface area contributed by atoms with Gasteiger partial charge in [-0.2, -0.15) is 0 Å². The average Bonchev–Trinajstić information content (AvgIpc) is 3.05. The summed E-state index contributed by atoms with van der Waals surface area (Å²) in [6.07, 6.45) is 1.40. The van der Waals surface area contributed by atoms with Gasteiger partial charge in [0.05, 0.1) is 12.8 Å². The Morgan fingerprint density at radius 1 is 1.19 bits per heavy atom. The molecule has 1 heterocycles. The molecule has 2 aromatic rings. The Morgan fingerprint density at radius 3 is 2.57 bits per heavy atom. The van der Waals surface area contributed by atoms with E-state index in [9.17, 15) is 9.59 Å². The number of furan rings is 1. The Hall–Kier alpha value is -2.60. The Balaban J connectivity index is 1.87. The highest BCUT2D eigenvalue weighted by Gasteiger charge is 2.11. The van der Waals surface area contributed by atoms with Crippen molar-refractivity contribution in [1.29, 1.82) is 0 Å². The number of carbonyl (C=O) groups is 2. The van der Waals surface area contributed by atoms with E-state index >= 15 is 0 Å². The number of hydrogen-bond acceptors (Lipinski definition) is 5. The fraction of sp³-hybridized carbons (Fsp3) is 0.200. The molecule has 0 saturated carbocycles. The number of ketones is 1. The van der Waals surface area contributed by atoms with Crippen LogP contribution in [0.15, 0.2) is 47.1 Å². The Labute approximate surface area is 121 Å². The second-order valence-corrected chi connectivity index (χ2v) is 4.16. The number of methoxy groups -OCH3 is 1. The maximum Gasteiger partial charge on any atom is 0.287 e. The van der Waals surface area contributed by atoms with Crippen LogP contribution in [0.2, 0.25) is 0 Å². The lowest BCUT2D eigenvalue weighted by Crippen LogP contribution is -2.29. The average molecular weight is 289 g/mol. The zero-order valence-electron chi connectivity index (χ0n) is 11.5. The van der Waals surface area contributed by atoms with Crippen molar-refractivity contribution < 1.29 is 23.5 Å². The molecule has 0 aliphatic heterocycles. The molecule has 110 valence electrons. The Bertz CT molecular complexity index is 589. The first kappa shape index (κ1) is 14.8. The zero-order valence-corrected chi connectivity index (χ0v) is 11.5. The van der Waals surface area contributed by atoms with E-state index in [2.05, 4.69) is 5.32 Å². The molecule has 21 heavy (non-hydrogen) atoms. The Kier molecular flexibility index (Phi) is 5.11. The highest BCUT2D eigenvalue weighted by atomic mass is 16.7. The van der Waals surface area contributed by atoms with Crippen molar-refractivity contribution in [2.24, 2.45) is 0 Å². The predicted octanol–water partition coefficient (Wildman–Crippen LogP) is 1.88. The first-order valence-electron chi connectivity index (χ1n) is 6.27. The van der Waals surface area contributed by atoms with Gasteiger partial charge < -0.3 is 19.2 Å². The maximum absolute atomic E-state index is 11.9. The van der Waals surface area contributed by atoms with E-state index < -0.39 is 5.91 Å². The second-order valence-electron chi connectivity index (χ2n) is 4.16. The molecule has 0 unspecified atom stereocenters. The second kappa shape index (κ2) is 7.25. The third-order valence-electron chi connectivity index (χ3n) is 2.67. The molecule has 6 nitrogen and oxygen atoms in total. The molecule has 1 aromatic heterocycles. The highest BCUT2D eigenvalue weighted by molar-refractivity contribution is 6.01. The van der Waals surface area contributed by atoms with Crippen LogP contribution in [0.4, 0.5) is 0 Å². The van der Waals surface area contributed by atoms with Gasteiger partial charge in [0, 0.05) is 12.7 Å². The van der Waals surface area contributed by atoms with E-state index in [-0.39, 0.29) is 24.9 Å². The molecule has 0 spiro atoms. The summed E-state index contributed by atoms with van der Waals surface area (Å²) in [4.78, 5) is 23.6. The molecule has 0 aliphatic carbocycles. The molecule has 0 atom stereocenters. The van der Waals surface area contributed by atoms with Crippen LogP contribution in [0.5, 0.6) is 5.75 Å². The van der Waals surface area contributed by atoms with Crippen molar-refractivity contribution in [2.45, 2.75) is 0 Å². The first-order valence-corrected chi connectivity index (χ1v) is 6.27. The Morgan fingerprint density at radius 2 is 1.95 bits per heavy atom. The number of carbonyl (C=O) groups excluding carboxylic acids is 2. The quantitative estimate of drug-likeness (QED) is 0.622. The van der Waals surface area contributed by atoms with Crippen LogP contribution in [0.1, 0.15) is 20.9 Å². The summed E-state index contributed by atoms with van der Waals surface area (Å²) in [6, 6.07) is 9.73. The fourth-order valence-corrected chi connectivity index (χ4v) is 1.62. The molecule has 1 aromatic carbocycles. The summed E-state index contributed by atoms with van der Waals surface area (Å²) in [6.45, 7) is 0.0459. The SMILES string of the molecule is COCOc1ccc(C(=O)CNC(=O)c2ccco2)cc1. The number of hydrogen-bond donors (Lipinski definition) is 1. The summed E-state index contributed by atoms with van der Waals surface area (Å²) in [5.74, 6) is 0.153. The monoisotopic (exact) mass is 289 g/mol. The van der Waals surface area contributed by atoms with E-state index in [1.165, 1.54) is 19.4 Å². The van der Waals surface area contributed by atoms with Crippen LogP contribution in [-0.4, -0.2) is 32.1 Å². The van der Waals surface area contributed by atoms with Crippen molar-refractivity contribution in [2.75, 3.05) is 20.4 Å².